The van der Waals surface area contributed by atoms with E-state index in [1.54, 1.807) is 16.5 Å². The van der Waals surface area contributed by atoms with Crippen molar-refractivity contribution < 1.29 is 4.79 Å². The number of carbonyl (C=O) groups is 1. The van der Waals surface area contributed by atoms with Crippen molar-refractivity contribution in [2.45, 2.75) is 30.4 Å². The van der Waals surface area contributed by atoms with Crippen LogP contribution in [0.25, 0.3) is 16.7 Å². The topological polar surface area (TPSA) is 72.5 Å². The van der Waals surface area contributed by atoms with Crippen molar-refractivity contribution in [2.75, 3.05) is 7.05 Å². The van der Waals surface area contributed by atoms with Crippen LogP contribution in [0.4, 0.5) is 0 Å². The molecule has 35 heavy (non-hydrogen) atoms. The third-order valence-electron chi connectivity index (χ3n) is 5.93. The molecule has 2 heterocycles. The monoisotopic (exact) mass is 483 g/mol. The van der Waals surface area contributed by atoms with E-state index in [9.17, 15) is 9.59 Å². The summed E-state index contributed by atoms with van der Waals surface area (Å²) >= 11 is 1.35. The molecule has 2 aromatic heterocycles. The molecule has 0 radical (unpaired) electrons. The molecule has 0 saturated carbocycles. The molecule has 1 atom stereocenters. The third-order valence-corrected chi connectivity index (χ3v) is 6.96. The van der Waals surface area contributed by atoms with Crippen molar-refractivity contribution in [1.82, 2.24) is 24.1 Å². The van der Waals surface area contributed by atoms with Crippen molar-refractivity contribution >= 4 is 34.3 Å². The zero-order valence-corrected chi connectivity index (χ0v) is 20.4. The minimum Gasteiger partial charge on any atom is -0.340 e. The molecular formula is C27H25N5O2S. The smallest absolute Gasteiger partial charge is 0.263 e. The Morgan fingerprint density at radius 2 is 1.54 bits per heavy atom. The molecule has 5 aromatic rings. The summed E-state index contributed by atoms with van der Waals surface area (Å²) in [4.78, 5) is 28.2. The van der Waals surface area contributed by atoms with Gasteiger partial charge in [-0.2, -0.15) is 0 Å². The van der Waals surface area contributed by atoms with Crippen molar-refractivity contribution in [3.63, 3.8) is 0 Å². The van der Waals surface area contributed by atoms with E-state index in [1.807, 2.05) is 96.3 Å². The van der Waals surface area contributed by atoms with Crippen molar-refractivity contribution in [1.29, 1.82) is 0 Å². The molecule has 1 amide bonds. The van der Waals surface area contributed by atoms with Gasteiger partial charge in [-0.05, 0) is 30.2 Å². The first-order chi connectivity index (χ1) is 17.0. The molecule has 3 aromatic carbocycles. The fourth-order valence-corrected chi connectivity index (χ4v) is 5.14. The molecule has 0 saturated heterocycles. The zero-order chi connectivity index (χ0) is 24.4. The number of carbonyl (C=O) groups excluding carboxylic acids is 1. The molecule has 1 unspecified atom stereocenters. The van der Waals surface area contributed by atoms with Crippen molar-refractivity contribution in [2.24, 2.45) is 0 Å². The highest BCUT2D eigenvalue weighted by molar-refractivity contribution is 8.00. The maximum Gasteiger partial charge on any atom is 0.263 e. The van der Waals surface area contributed by atoms with Gasteiger partial charge in [-0.15, -0.1) is 10.2 Å². The van der Waals surface area contributed by atoms with E-state index in [4.69, 9.17) is 0 Å². The molecule has 0 bridgehead atoms. The normalized spacial score (nSPS) is 12.2. The van der Waals surface area contributed by atoms with E-state index < -0.39 is 0 Å². The van der Waals surface area contributed by atoms with Crippen LogP contribution in [0.5, 0.6) is 0 Å². The number of para-hydroxylation sites is 1. The predicted octanol–water partition coefficient (Wildman–Crippen LogP) is 4.23. The van der Waals surface area contributed by atoms with E-state index in [2.05, 4.69) is 10.2 Å². The average Bonchev–Trinajstić information content (AvgIpc) is 3.30. The van der Waals surface area contributed by atoms with Gasteiger partial charge in [0.25, 0.3) is 5.56 Å². The lowest BCUT2D eigenvalue weighted by Gasteiger charge is -2.21. The lowest BCUT2D eigenvalue weighted by atomic mass is 10.2. The summed E-state index contributed by atoms with van der Waals surface area (Å²) in [5.41, 5.74) is 2.67. The van der Waals surface area contributed by atoms with Gasteiger partial charge in [0.15, 0.2) is 5.16 Å². The maximum absolute atomic E-state index is 13.4. The Morgan fingerprint density at radius 1 is 0.914 bits per heavy atom. The molecule has 0 aliphatic heterocycles. The number of nitrogens with zero attached hydrogens (tertiary/aromatic N) is 5. The van der Waals surface area contributed by atoms with E-state index in [-0.39, 0.29) is 16.7 Å². The number of fused-ring (bicyclic) bond motifs is 3. The summed E-state index contributed by atoms with van der Waals surface area (Å²) in [6.07, 6.45) is 0. The molecule has 0 aliphatic carbocycles. The SMILES string of the molecule is CC(Sc1nnc2n(Cc3ccccc3)c(=O)c3ccccc3n12)C(=O)N(C)Cc1ccccc1. The Kier molecular flexibility index (Phi) is 6.37. The first-order valence-electron chi connectivity index (χ1n) is 11.4. The molecule has 0 N–H and O–H groups in total. The Morgan fingerprint density at radius 3 is 2.26 bits per heavy atom. The second-order valence-electron chi connectivity index (χ2n) is 8.45. The number of amides is 1. The highest BCUT2D eigenvalue weighted by Gasteiger charge is 2.23. The van der Waals surface area contributed by atoms with E-state index >= 15 is 0 Å². The molecular weight excluding hydrogens is 458 g/mol. The van der Waals surface area contributed by atoms with Crippen molar-refractivity contribution in [3.8, 4) is 0 Å². The standard InChI is InChI=1S/C27H25N5O2S/c1-19(24(33)30(2)17-20-11-5-3-6-12-20)35-27-29-28-26-31(18-21-13-7-4-8-14-21)25(34)22-15-9-10-16-23(22)32(26)27/h3-16,19H,17-18H2,1-2H3. The van der Waals surface area contributed by atoms with E-state index in [1.165, 1.54) is 11.8 Å². The number of hydrogen-bond acceptors (Lipinski definition) is 5. The molecule has 176 valence electrons. The number of aromatic nitrogens is 4. The Balaban J connectivity index is 1.50. The van der Waals surface area contributed by atoms with Crippen LogP contribution >= 0.6 is 11.8 Å². The highest BCUT2D eigenvalue weighted by atomic mass is 32.2. The second-order valence-corrected chi connectivity index (χ2v) is 9.76. The Labute approximate surface area is 207 Å². The van der Waals surface area contributed by atoms with Gasteiger partial charge in [0.2, 0.25) is 11.7 Å². The van der Waals surface area contributed by atoms with Crippen molar-refractivity contribution in [3.05, 3.63) is 106 Å². The lowest BCUT2D eigenvalue weighted by molar-refractivity contribution is -0.129. The van der Waals surface area contributed by atoms with Gasteiger partial charge in [-0.3, -0.25) is 18.6 Å². The van der Waals surface area contributed by atoms with Crippen LogP contribution in [-0.4, -0.2) is 42.3 Å². The summed E-state index contributed by atoms with van der Waals surface area (Å²) in [6, 6.07) is 27.1. The van der Waals surface area contributed by atoms with Gasteiger partial charge in [0.05, 0.1) is 22.7 Å². The summed E-state index contributed by atoms with van der Waals surface area (Å²) < 4.78 is 3.52. The Hall–Kier alpha value is -3.91. The van der Waals surface area contributed by atoms with Gasteiger partial charge in [0, 0.05) is 13.6 Å². The van der Waals surface area contributed by atoms with Crippen LogP contribution < -0.4 is 5.56 Å². The van der Waals surface area contributed by atoms with Crippen LogP contribution in [0.1, 0.15) is 18.1 Å². The molecule has 5 rings (SSSR count). The summed E-state index contributed by atoms with van der Waals surface area (Å²) in [5, 5.41) is 9.55. The minimum absolute atomic E-state index is 0.00230. The summed E-state index contributed by atoms with van der Waals surface area (Å²) in [6.45, 7) is 2.79. The zero-order valence-electron chi connectivity index (χ0n) is 19.5. The van der Waals surface area contributed by atoms with Crippen LogP contribution in [0.3, 0.4) is 0 Å². The molecule has 7 nitrogen and oxygen atoms in total. The largest absolute Gasteiger partial charge is 0.340 e. The predicted molar refractivity (Wildman–Crippen MR) is 139 cm³/mol. The Bertz CT molecular complexity index is 1550. The van der Waals surface area contributed by atoms with Crippen LogP contribution in [0.15, 0.2) is 94.9 Å². The quantitative estimate of drug-likeness (QED) is 0.324. The fraction of sp³-hybridized carbons (Fsp3) is 0.185. The van der Waals surface area contributed by atoms with Gasteiger partial charge in [0.1, 0.15) is 0 Å². The summed E-state index contributed by atoms with van der Waals surface area (Å²) in [5.74, 6) is 0.454. The molecule has 0 aliphatic rings. The van der Waals surface area contributed by atoms with Crippen LogP contribution in [-0.2, 0) is 17.9 Å². The number of benzene rings is 3. The maximum atomic E-state index is 13.4. The first-order valence-corrected chi connectivity index (χ1v) is 12.3. The van der Waals surface area contributed by atoms with Gasteiger partial charge < -0.3 is 4.90 Å². The highest BCUT2D eigenvalue weighted by Crippen LogP contribution is 2.26. The van der Waals surface area contributed by atoms with Gasteiger partial charge in [-0.1, -0.05) is 84.6 Å². The first kappa shape index (κ1) is 22.9. The average molecular weight is 484 g/mol. The molecule has 0 spiro atoms. The summed E-state index contributed by atoms with van der Waals surface area (Å²) in [7, 11) is 1.81. The van der Waals surface area contributed by atoms with E-state index in [0.717, 1.165) is 16.6 Å². The van der Waals surface area contributed by atoms with Gasteiger partial charge in [-0.25, -0.2) is 0 Å². The number of rotatable bonds is 7. The number of hydrogen-bond donors (Lipinski definition) is 0. The van der Waals surface area contributed by atoms with Gasteiger partial charge >= 0.3 is 0 Å². The molecule has 8 heteroatoms. The van der Waals surface area contributed by atoms with Crippen LogP contribution in [0.2, 0.25) is 0 Å². The minimum atomic E-state index is -0.385. The number of thioether (sulfide) groups is 1. The fourth-order valence-electron chi connectivity index (χ4n) is 4.17. The lowest BCUT2D eigenvalue weighted by Crippen LogP contribution is -2.32. The van der Waals surface area contributed by atoms with Crippen LogP contribution in [0, 0.1) is 0 Å². The van der Waals surface area contributed by atoms with E-state index in [0.29, 0.717) is 29.4 Å². The molecule has 0 fully saturated rings. The third kappa shape index (κ3) is 4.57. The second kappa shape index (κ2) is 9.76.